The summed E-state index contributed by atoms with van der Waals surface area (Å²) in [6, 6.07) is 4.95. The molecule has 1 rings (SSSR count). The van der Waals surface area contributed by atoms with Crippen molar-refractivity contribution in [2.45, 2.75) is 26.4 Å². The minimum absolute atomic E-state index is 0.240. The van der Waals surface area contributed by atoms with Crippen molar-refractivity contribution in [3.8, 4) is 0 Å². The molecular formula is C11H14O3. The molecule has 0 heterocycles. The maximum atomic E-state index is 10.8. The fraction of sp³-hybridized carbons (Fsp3) is 0.364. The first-order chi connectivity index (χ1) is 6.32. The molecular weight excluding hydrogens is 180 g/mol. The Hall–Kier alpha value is -1.35. The van der Waals surface area contributed by atoms with Crippen LogP contribution in [0.15, 0.2) is 18.2 Å². The molecule has 0 aromatic heterocycles. The van der Waals surface area contributed by atoms with Crippen LogP contribution in [-0.2, 0) is 5.60 Å². The van der Waals surface area contributed by atoms with E-state index >= 15 is 0 Å². The maximum Gasteiger partial charge on any atom is 0.335 e. The Morgan fingerprint density at radius 2 is 1.93 bits per heavy atom. The summed E-state index contributed by atoms with van der Waals surface area (Å²) in [5.74, 6) is -0.964. The van der Waals surface area contributed by atoms with E-state index in [1.54, 1.807) is 32.9 Å². The smallest absolute Gasteiger partial charge is 0.335 e. The molecule has 0 saturated carbocycles. The van der Waals surface area contributed by atoms with Crippen molar-refractivity contribution in [3.63, 3.8) is 0 Å². The first-order valence-corrected chi connectivity index (χ1v) is 4.39. The molecule has 0 atom stereocenters. The van der Waals surface area contributed by atoms with Gasteiger partial charge in [-0.3, -0.25) is 0 Å². The molecule has 76 valence electrons. The summed E-state index contributed by atoms with van der Waals surface area (Å²) in [5.41, 5.74) is 0.549. The first-order valence-electron chi connectivity index (χ1n) is 4.39. The van der Waals surface area contributed by atoms with Gasteiger partial charge in [0.15, 0.2) is 0 Å². The van der Waals surface area contributed by atoms with Crippen molar-refractivity contribution in [2.24, 2.45) is 0 Å². The third kappa shape index (κ3) is 2.12. The van der Waals surface area contributed by atoms with Crippen molar-refractivity contribution < 1.29 is 15.0 Å². The summed E-state index contributed by atoms with van der Waals surface area (Å²) in [6.07, 6.45) is 0. The number of hydrogen-bond donors (Lipinski definition) is 2. The largest absolute Gasteiger partial charge is 0.478 e. The minimum atomic E-state index is -1.00. The molecule has 1 aromatic carbocycles. The van der Waals surface area contributed by atoms with Gasteiger partial charge in [-0.1, -0.05) is 12.1 Å². The Morgan fingerprint density at radius 1 is 1.36 bits per heavy atom. The number of hydrogen-bond acceptors (Lipinski definition) is 2. The molecule has 3 nitrogen and oxygen atoms in total. The molecule has 2 N–H and O–H groups in total. The van der Waals surface area contributed by atoms with Crippen LogP contribution in [0.5, 0.6) is 0 Å². The maximum absolute atomic E-state index is 10.8. The summed E-state index contributed by atoms with van der Waals surface area (Å²) in [6.45, 7) is 4.99. The van der Waals surface area contributed by atoms with E-state index in [9.17, 15) is 9.90 Å². The zero-order valence-electron chi connectivity index (χ0n) is 8.53. The van der Waals surface area contributed by atoms with Gasteiger partial charge in [0.1, 0.15) is 0 Å². The minimum Gasteiger partial charge on any atom is -0.478 e. The predicted octanol–water partition coefficient (Wildman–Crippen LogP) is 1.92. The van der Waals surface area contributed by atoms with Gasteiger partial charge in [0, 0.05) is 0 Å². The van der Waals surface area contributed by atoms with Crippen molar-refractivity contribution in [2.75, 3.05) is 0 Å². The number of rotatable bonds is 2. The van der Waals surface area contributed by atoms with Gasteiger partial charge in [0.2, 0.25) is 0 Å². The molecule has 0 unspecified atom stereocenters. The van der Waals surface area contributed by atoms with E-state index in [4.69, 9.17) is 5.11 Å². The van der Waals surface area contributed by atoms with Crippen molar-refractivity contribution in [1.82, 2.24) is 0 Å². The van der Waals surface area contributed by atoms with E-state index in [1.165, 1.54) is 6.07 Å². The summed E-state index contributed by atoms with van der Waals surface area (Å²) in [4.78, 5) is 10.8. The molecule has 0 spiro atoms. The van der Waals surface area contributed by atoms with Crippen LogP contribution in [0.2, 0.25) is 0 Å². The molecule has 1 aromatic rings. The van der Waals surface area contributed by atoms with Crippen LogP contribution in [0.3, 0.4) is 0 Å². The van der Waals surface area contributed by atoms with Gasteiger partial charge in [0.25, 0.3) is 0 Å². The molecule has 3 heteroatoms. The number of aliphatic hydroxyl groups is 1. The molecule has 14 heavy (non-hydrogen) atoms. The van der Waals surface area contributed by atoms with Gasteiger partial charge in [-0.2, -0.15) is 0 Å². The van der Waals surface area contributed by atoms with Crippen molar-refractivity contribution in [3.05, 3.63) is 34.9 Å². The second kappa shape index (κ2) is 3.42. The highest BCUT2D eigenvalue weighted by Gasteiger charge is 2.18. The van der Waals surface area contributed by atoms with Gasteiger partial charge >= 0.3 is 5.97 Å². The highest BCUT2D eigenvalue weighted by Crippen LogP contribution is 2.22. The quantitative estimate of drug-likeness (QED) is 0.756. The lowest BCUT2D eigenvalue weighted by atomic mass is 9.94. The normalized spacial score (nSPS) is 11.4. The Balaban J connectivity index is 3.27. The fourth-order valence-corrected chi connectivity index (χ4v) is 1.23. The van der Waals surface area contributed by atoms with Crippen LogP contribution in [0.1, 0.15) is 35.3 Å². The molecule has 0 radical (unpaired) electrons. The molecule has 0 saturated heterocycles. The average molecular weight is 194 g/mol. The molecule has 0 aliphatic carbocycles. The van der Waals surface area contributed by atoms with Crippen LogP contribution in [0.4, 0.5) is 0 Å². The summed E-state index contributed by atoms with van der Waals surface area (Å²) in [7, 11) is 0. The zero-order chi connectivity index (χ0) is 10.9. The highest BCUT2D eigenvalue weighted by atomic mass is 16.4. The van der Waals surface area contributed by atoms with Gasteiger partial charge in [-0.15, -0.1) is 0 Å². The summed E-state index contributed by atoms with van der Waals surface area (Å²) >= 11 is 0. The third-order valence-corrected chi connectivity index (χ3v) is 2.17. The Labute approximate surface area is 83.0 Å². The Bertz CT molecular complexity index is 361. The van der Waals surface area contributed by atoms with Crippen LogP contribution in [0, 0.1) is 6.92 Å². The van der Waals surface area contributed by atoms with E-state index in [1.807, 2.05) is 0 Å². The Morgan fingerprint density at radius 3 is 2.36 bits per heavy atom. The SMILES string of the molecule is Cc1ccc(C(C)(C)O)cc1C(=O)O. The lowest BCUT2D eigenvalue weighted by molar-refractivity contribution is 0.0692. The number of carboxylic acid groups (broad SMARTS) is 1. The van der Waals surface area contributed by atoms with Crippen molar-refractivity contribution in [1.29, 1.82) is 0 Å². The second-order valence-electron chi connectivity index (χ2n) is 3.89. The Kier molecular flexibility index (Phi) is 2.62. The van der Waals surface area contributed by atoms with Crippen LogP contribution in [-0.4, -0.2) is 16.2 Å². The lowest BCUT2D eigenvalue weighted by Gasteiger charge is -2.18. The molecule has 0 fully saturated rings. The number of aryl methyl sites for hydroxylation is 1. The highest BCUT2D eigenvalue weighted by molar-refractivity contribution is 5.89. The van der Waals surface area contributed by atoms with E-state index < -0.39 is 11.6 Å². The average Bonchev–Trinajstić information content (AvgIpc) is 2.02. The first kappa shape index (κ1) is 10.7. The number of carbonyl (C=O) groups is 1. The molecule has 0 bridgehead atoms. The number of carboxylic acids is 1. The zero-order valence-corrected chi connectivity index (χ0v) is 8.53. The van der Waals surface area contributed by atoms with E-state index in [-0.39, 0.29) is 5.56 Å². The van der Waals surface area contributed by atoms with Gasteiger partial charge in [0.05, 0.1) is 11.2 Å². The third-order valence-electron chi connectivity index (χ3n) is 2.17. The van der Waals surface area contributed by atoms with Gasteiger partial charge in [-0.05, 0) is 38.0 Å². The van der Waals surface area contributed by atoms with Gasteiger partial charge in [-0.25, -0.2) is 4.79 Å². The standard InChI is InChI=1S/C11H14O3/c1-7-4-5-8(11(2,3)14)6-9(7)10(12)13/h4-6,14H,1-3H3,(H,12,13). The van der Waals surface area contributed by atoms with Crippen LogP contribution in [0.25, 0.3) is 0 Å². The van der Waals surface area contributed by atoms with Crippen LogP contribution < -0.4 is 0 Å². The topological polar surface area (TPSA) is 57.5 Å². The monoisotopic (exact) mass is 194 g/mol. The predicted molar refractivity (Wildman–Crippen MR) is 53.4 cm³/mol. The molecule has 0 aliphatic heterocycles. The summed E-state index contributed by atoms with van der Waals surface area (Å²) in [5, 5.41) is 18.6. The fourth-order valence-electron chi connectivity index (χ4n) is 1.23. The van der Waals surface area contributed by atoms with E-state index in [0.29, 0.717) is 11.1 Å². The van der Waals surface area contributed by atoms with Gasteiger partial charge < -0.3 is 10.2 Å². The van der Waals surface area contributed by atoms with E-state index in [2.05, 4.69) is 0 Å². The molecule has 0 amide bonds. The lowest BCUT2D eigenvalue weighted by Crippen LogP contribution is -2.16. The van der Waals surface area contributed by atoms with E-state index in [0.717, 1.165) is 0 Å². The van der Waals surface area contributed by atoms with Crippen LogP contribution >= 0.6 is 0 Å². The molecule has 0 aliphatic rings. The van der Waals surface area contributed by atoms with Crippen molar-refractivity contribution >= 4 is 5.97 Å². The number of benzene rings is 1. The number of aromatic carboxylic acids is 1. The second-order valence-corrected chi connectivity index (χ2v) is 3.89. The summed E-state index contributed by atoms with van der Waals surface area (Å²) < 4.78 is 0.